The first-order chi connectivity index (χ1) is 4.04. The molecule has 0 spiro atoms. The van der Waals surface area contributed by atoms with Crippen LogP contribution in [0, 0.1) is 0 Å². The van der Waals surface area contributed by atoms with Gasteiger partial charge in [0.15, 0.2) is 5.78 Å². The van der Waals surface area contributed by atoms with Crippen LogP contribution in [0.3, 0.4) is 0 Å². The Morgan fingerprint density at radius 3 is 2.22 bits per heavy atom. The van der Waals surface area contributed by atoms with Crippen molar-refractivity contribution in [2.24, 2.45) is 5.73 Å². The number of carboxylic acids is 1. The molecular weight excluding hydrogens is 146 g/mol. The second-order valence-corrected chi connectivity index (χ2v) is 1.91. The summed E-state index contributed by atoms with van der Waals surface area (Å²) in [7, 11) is 0. The third kappa shape index (κ3) is 3.93. The molecule has 1 atom stereocenters. The number of nitrogens with two attached hydrogens (primary N) is 1. The predicted octanol–water partition coefficient (Wildman–Crippen LogP) is -0.446. The Morgan fingerprint density at radius 2 is 2.11 bits per heavy atom. The van der Waals surface area contributed by atoms with Crippen molar-refractivity contribution in [1.29, 1.82) is 0 Å². The summed E-state index contributed by atoms with van der Waals surface area (Å²) in [5, 5.41) is 8.00. The van der Waals surface area contributed by atoms with Crippen LogP contribution in [-0.2, 0) is 9.59 Å². The van der Waals surface area contributed by atoms with E-state index in [1.165, 1.54) is 0 Å². The summed E-state index contributed by atoms with van der Waals surface area (Å²) >= 11 is 5.04. The van der Waals surface area contributed by atoms with Gasteiger partial charge < -0.3 is 10.8 Å². The minimum absolute atomic E-state index is 0.606. The van der Waals surface area contributed by atoms with E-state index in [4.69, 9.17) is 22.4 Å². The topological polar surface area (TPSA) is 80.4 Å². The first kappa shape index (κ1) is 8.39. The van der Waals surface area contributed by atoms with Gasteiger partial charge in [-0.05, 0) is 0 Å². The molecule has 52 valence electrons. The van der Waals surface area contributed by atoms with Gasteiger partial charge in [0.25, 0.3) is 0 Å². The number of aliphatic carboxylic acids is 1. The third-order valence-corrected chi connectivity index (χ3v) is 0.876. The quantitative estimate of drug-likeness (QED) is 0.325. The number of Topliss-reactive ketones (excluding diaryl/α,β-unsaturated/α-hetero) is 1. The van der Waals surface area contributed by atoms with Crippen molar-refractivity contribution in [3.63, 3.8) is 0 Å². The van der Waals surface area contributed by atoms with Gasteiger partial charge in [-0.3, -0.25) is 9.59 Å². The van der Waals surface area contributed by atoms with Crippen LogP contribution in [0.1, 0.15) is 6.42 Å². The maximum absolute atomic E-state index is 10.3. The first-order valence-electron chi connectivity index (χ1n) is 2.18. The van der Waals surface area contributed by atoms with E-state index in [-0.39, 0.29) is 0 Å². The molecule has 4 nitrogen and oxygen atoms in total. The van der Waals surface area contributed by atoms with Crippen molar-refractivity contribution >= 4 is 23.4 Å². The van der Waals surface area contributed by atoms with E-state index < -0.39 is 23.7 Å². The van der Waals surface area contributed by atoms with Crippen LogP contribution in [-0.4, -0.2) is 22.4 Å². The van der Waals surface area contributed by atoms with Crippen LogP contribution in [0.4, 0.5) is 0 Å². The maximum atomic E-state index is 10.3. The van der Waals surface area contributed by atoms with Crippen molar-refractivity contribution in [2.75, 3.05) is 0 Å². The molecule has 5 heteroatoms. The van der Waals surface area contributed by atoms with Crippen LogP contribution < -0.4 is 5.73 Å². The van der Waals surface area contributed by atoms with Crippen LogP contribution in [0.15, 0.2) is 0 Å². The first-order valence-corrected chi connectivity index (χ1v) is 2.62. The fourth-order valence-corrected chi connectivity index (χ4v) is 0.324. The number of carbonyl (C=O) groups excluding carboxylic acids is 1. The monoisotopic (exact) mass is 151 g/mol. The van der Waals surface area contributed by atoms with Gasteiger partial charge in [0, 0.05) is 0 Å². The summed E-state index contributed by atoms with van der Waals surface area (Å²) < 4.78 is 0. The summed E-state index contributed by atoms with van der Waals surface area (Å²) in [6.07, 6.45) is -0.606. The van der Waals surface area contributed by atoms with Crippen LogP contribution in [0.25, 0.3) is 0 Å². The van der Waals surface area contributed by atoms with E-state index >= 15 is 0 Å². The van der Waals surface area contributed by atoms with E-state index in [1.807, 2.05) is 0 Å². The molecule has 0 radical (unpaired) electrons. The summed E-state index contributed by atoms with van der Waals surface area (Å²) in [4.78, 5) is 20.1. The van der Waals surface area contributed by atoms with Crippen molar-refractivity contribution in [3.8, 4) is 0 Å². The van der Waals surface area contributed by atoms with E-state index in [9.17, 15) is 9.59 Å². The molecule has 0 bridgehead atoms. The smallest absolute Gasteiger partial charge is 0.310 e. The number of ketones is 1. The third-order valence-electron chi connectivity index (χ3n) is 0.633. The van der Waals surface area contributed by atoms with E-state index in [1.54, 1.807) is 0 Å². The van der Waals surface area contributed by atoms with Gasteiger partial charge in [0.05, 0.1) is 0 Å². The second-order valence-electron chi connectivity index (χ2n) is 1.44. The summed E-state index contributed by atoms with van der Waals surface area (Å²) in [6, 6.07) is 0. The molecule has 3 N–H and O–H groups in total. The average Bonchev–Trinajstić information content (AvgIpc) is 1.63. The molecule has 1 unspecified atom stereocenters. The number of rotatable bonds is 3. The molecule has 0 rings (SSSR count). The number of alkyl halides is 1. The van der Waals surface area contributed by atoms with E-state index in [2.05, 4.69) is 0 Å². The van der Waals surface area contributed by atoms with Crippen molar-refractivity contribution in [3.05, 3.63) is 0 Å². The lowest BCUT2D eigenvalue weighted by molar-refractivity contribution is -0.140. The largest absolute Gasteiger partial charge is 0.481 e. The zero-order valence-corrected chi connectivity index (χ0v) is 5.26. The minimum Gasteiger partial charge on any atom is -0.481 e. The molecule has 9 heavy (non-hydrogen) atoms. The molecular formula is C4H6ClNO3. The minimum atomic E-state index is -1.21. The molecule has 0 aliphatic carbocycles. The van der Waals surface area contributed by atoms with Crippen molar-refractivity contribution in [1.82, 2.24) is 0 Å². The lowest BCUT2D eigenvalue weighted by Gasteiger charge is -1.95. The zero-order valence-electron chi connectivity index (χ0n) is 4.50. The predicted molar refractivity (Wildman–Crippen MR) is 31.1 cm³/mol. The van der Waals surface area contributed by atoms with Gasteiger partial charge in [0.2, 0.25) is 0 Å². The van der Waals surface area contributed by atoms with Gasteiger partial charge in [0.1, 0.15) is 11.9 Å². The Bertz CT molecular complexity index is 134. The fraction of sp³-hybridized carbons (Fsp3) is 0.500. The highest BCUT2D eigenvalue weighted by molar-refractivity contribution is 6.31. The van der Waals surface area contributed by atoms with Gasteiger partial charge >= 0.3 is 5.97 Å². The number of carboxylic acid groups (broad SMARTS) is 1. The summed E-state index contributed by atoms with van der Waals surface area (Å²) in [5.74, 6) is -1.89. The van der Waals surface area contributed by atoms with E-state index in [0.29, 0.717) is 0 Å². The van der Waals surface area contributed by atoms with Crippen molar-refractivity contribution in [2.45, 2.75) is 11.9 Å². The summed E-state index contributed by atoms with van der Waals surface area (Å²) in [6.45, 7) is 0. The highest BCUT2D eigenvalue weighted by Gasteiger charge is 2.12. The average molecular weight is 152 g/mol. The SMILES string of the molecule is NC(Cl)C(=O)CC(=O)O. The van der Waals surface area contributed by atoms with Crippen LogP contribution in [0.5, 0.6) is 0 Å². The van der Waals surface area contributed by atoms with Crippen LogP contribution >= 0.6 is 11.6 Å². The lowest BCUT2D eigenvalue weighted by Crippen LogP contribution is -2.25. The standard InChI is InChI=1S/C4H6ClNO3/c5-4(6)2(7)1-3(8)9/h4H,1,6H2,(H,8,9). The molecule has 0 aromatic rings. The summed E-state index contributed by atoms with van der Waals surface area (Å²) in [5.41, 5.74) is 3.64. The Morgan fingerprint density at radius 1 is 1.67 bits per heavy atom. The molecule has 0 amide bonds. The molecule has 0 heterocycles. The Balaban J connectivity index is 3.64. The molecule has 0 aliphatic rings. The van der Waals surface area contributed by atoms with Gasteiger partial charge in [-0.25, -0.2) is 0 Å². The van der Waals surface area contributed by atoms with Gasteiger partial charge in [-0.15, -0.1) is 0 Å². The fourth-order valence-electron chi connectivity index (χ4n) is 0.247. The van der Waals surface area contributed by atoms with Crippen molar-refractivity contribution < 1.29 is 14.7 Å². The Kier molecular flexibility index (Phi) is 3.19. The Labute approximate surface area is 56.6 Å². The number of halogens is 1. The number of hydrogen-bond acceptors (Lipinski definition) is 3. The molecule has 0 aliphatic heterocycles. The molecule has 0 aromatic heterocycles. The zero-order chi connectivity index (χ0) is 7.44. The molecule has 0 saturated heterocycles. The maximum Gasteiger partial charge on any atom is 0.310 e. The molecule has 0 saturated carbocycles. The Hall–Kier alpha value is -0.610. The highest BCUT2D eigenvalue weighted by atomic mass is 35.5. The number of hydrogen-bond donors (Lipinski definition) is 2. The molecule has 0 fully saturated rings. The second kappa shape index (κ2) is 3.42. The number of carbonyl (C=O) groups is 2. The molecule has 0 aromatic carbocycles. The van der Waals surface area contributed by atoms with Crippen LogP contribution in [0.2, 0.25) is 0 Å². The van der Waals surface area contributed by atoms with Gasteiger partial charge in [-0.2, -0.15) is 0 Å². The highest BCUT2D eigenvalue weighted by Crippen LogP contribution is 1.92. The van der Waals surface area contributed by atoms with Gasteiger partial charge in [-0.1, -0.05) is 11.6 Å². The van der Waals surface area contributed by atoms with E-state index in [0.717, 1.165) is 0 Å². The lowest BCUT2D eigenvalue weighted by atomic mass is 10.3. The normalized spacial score (nSPS) is 12.7.